The first kappa shape index (κ1) is 9.07. The summed E-state index contributed by atoms with van der Waals surface area (Å²) < 4.78 is 6.48. The molecular weight excluding hydrogens is 228 g/mol. The van der Waals surface area contributed by atoms with E-state index in [1.54, 1.807) is 7.11 Å². The Morgan fingerprint density at radius 3 is 2.62 bits per heavy atom. The molecule has 70 valence electrons. The number of hydrogen-bond acceptors (Lipinski definition) is 1. The molecule has 1 fully saturated rings. The van der Waals surface area contributed by atoms with Crippen molar-refractivity contribution in [1.29, 1.82) is 0 Å². The van der Waals surface area contributed by atoms with E-state index in [4.69, 9.17) is 4.74 Å². The first-order valence-corrected chi connectivity index (χ1v) is 5.29. The summed E-state index contributed by atoms with van der Waals surface area (Å²) in [7, 11) is 1.73. The van der Waals surface area contributed by atoms with E-state index in [-0.39, 0.29) is 0 Å². The van der Waals surface area contributed by atoms with Gasteiger partial charge in [-0.3, -0.25) is 0 Å². The Balaban J connectivity index is 2.47. The van der Waals surface area contributed by atoms with Crippen molar-refractivity contribution in [3.05, 3.63) is 28.2 Å². The van der Waals surface area contributed by atoms with Crippen molar-refractivity contribution in [2.75, 3.05) is 7.11 Å². The molecule has 1 aliphatic carbocycles. The van der Waals surface area contributed by atoms with Crippen molar-refractivity contribution in [3.63, 3.8) is 0 Å². The number of ether oxygens (including phenoxy) is 1. The lowest BCUT2D eigenvalue weighted by Crippen LogP contribution is -2.02. The maximum absolute atomic E-state index is 5.35. The summed E-state index contributed by atoms with van der Waals surface area (Å²) in [6.45, 7) is 2.29. The fourth-order valence-corrected chi connectivity index (χ4v) is 1.97. The van der Waals surface area contributed by atoms with Crippen molar-refractivity contribution in [1.82, 2.24) is 0 Å². The highest BCUT2D eigenvalue weighted by Gasteiger charge is 2.41. The van der Waals surface area contributed by atoms with Gasteiger partial charge in [-0.15, -0.1) is 0 Å². The quantitative estimate of drug-likeness (QED) is 0.769. The maximum Gasteiger partial charge on any atom is 0.122 e. The van der Waals surface area contributed by atoms with Gasteiger partial charge in [-0.25, -0.2) is 0 Å². The molecule has 0 atom stereocenters. The van der Waals surface area contributed by atoms with E-state index in [9.17, 15) is 0 Å². The van der Waals surface area contributed by atoms with Crippen LogP contribution in [0.1, 0.15) is 25.3 Å². The summed E-state index contributed by atoms with van der Waals surface area (Å²) in [5, 5.41) is 0. The van der Waals surface area contributed by atoms with Crippen LogP contribution in [0.25, 0.3) is 0 Å². The molecule has 0 saturated heterocycles. The van der Waals surface area contributed by atoms with Gasteiger partial charge in [0.25, 0.3) is 0 Å². The largest absolute Gasteiger partial charge is 0.496 e. The molecule has 1 aliphatic rings. The highest BCUT2D eigenvalue weighted by molar-refractivity contribution is 9.10. The van der Waals surface area contributed by atoms with Crippen LogP contribution in [0, 0.1) is 0 Å². The summed E-state index contributed by atoms with van der Waals surface area (Å²) >= 11 is 3.49. The Hall–Kier alpha value is -0.500. The van der Waals surface area contributed by atoms with E-state index < -0.39 is 0 Å². The van der Waals surface area contributed by atoms with Crippen LogP contribution >= 0.6 is 15.9 Å². The van der Waals surface area contributed by atoms with Crippen LogP contribution in [0.2, 0.25) is 0 Å². The monoisotopic (exact) mass is 240 g/mol. The number of hydrogen-bond donors (Lipinski definition) is 0. The molecule has 1 aromatic carbocycles. The van der Waals surface area contributed by atoms with Crippen molar-refractivity contribution >= 4 is 15.9 Å². The molecule has 2 heteroatoms. The maximum atomic E-state index is 5.35. The van der Waals surface area contributed by atoms with Crippen LogP contribution < -0.4 is 4.74 Å². The van der Waals surface area contributed by atoms with Crippen LogP contribution in [-0.4, -0.2) is 7.11 Å². The zero-order valence-corrected chi connectivity index (χ0v) is 9.52. The van der Waals surface area contributed by atoms with E-state index in [1.165, 1.54) is 18.4 Å². The molecule has 0 unspecified atom stereocenters. The lowest BCUT2D eigenvalue weighted by atomic mass is 9.97. The average Bonchev–Trinajstić information content (AvgIpc) is 2.85. The summed E-state index contributed by atoms with van der Waals surface area (Å²) in [5.41, 5.74) is 1.71. The van der Waals surface area contributed by atoms with Crippen LogP contribution in [0.5, 0.6) is 5.75 Å². The summed E-state index contributed by atoms with van der Waals surface area (Å²) in [5.74, 6) is 1.02. The second-order valence-electron chi connectivity index (χ2n) is 3.91. The fraction of sp³-hybridized carbons (Fsp3) is 0.455. The number of methoxy groups -OCH3 is 1. The Bertz CT molecular complexity index is 329. The van der Waals surface area contributed by atoms with Gasteiger partial charge in [0.1, 0.15) is 5.75 Å². The van der Waals surface area contributed by atoms with E-state index in [1.807, 2.05) is 12.1 Å². The molecule has 0 heterocycles. The molecule has 1 saturated carbocycles. The minimum Gasteiger partial charge on any atom is -0.496 e. The van der Waals surface area contributed by atoms with Gasteiger partial charge in [0.2, 0.25) is 0 Å². The lowest BCUT2D eigenvalue weighted by Gasteiger charge is -2.14. The smallest absolute Gasteiger partial charge is 0.122 e. The predicted octanol–water partition coefficient (Wildman–Crippen LogP) is 3.51. The Morgan fingerprint density at radius 2 is 2.08 bits per heavy atom. The highest BCUT2D eigenvalue weighted by Crippen LogP contribution is 2.51. The lowest BCUT2D eigenvalue weighted by molar-refractivity contribution is 0.405. The van der Waals surface area contributed by atoms with Crippen LogP contribution in [0.3, 0.4) is 0 Å². The summed E-state index contributed by atoms with van der Waals surface area (Å²) in [4.78, 5) is 0. The number of halogens is 1. The molecule has 0 bridgehead atoms. The minimum atomic E-state index is 0.370. The zero-order chi connectivity index (χ0) is 9.47. The van der Waals surface area contributed by atoms with Crippen molar-refractivity contribution in [2.45, 2.75) is 25.2 Å². The molecule has 13 heavy (non-hydrogen) atoms. The van der Waals surface area contributed by atoms with Gasteiger partial charge in [-0.05, 0) is 36.5 Å². The summed E-state index contributed by atoms with van der Waals surface area (Å²) in [6.07, 6.45) is 2.56. The van der Waals surface area contributed by atoms with Crippen molar-refractivity contribution < 1.29 is 4.74 Å². The van der Waals surface area contributed by atoms with Gasteiger partial charge in [0.15, 0.2) is 0 Å². The molecular formula is C11H13BrO. The fourth-order valence-electron chi connectivity index (χ4n) is 1.61. The van der Waals surface area contributed by atoms with E-state index in [2.05, 4.69) is 28.9 Å². The molecule has 0 radical (unpaired) electrons. The van der Waals surface area contributed by atoms with E-state index in [0.29, 0.717) is 5.41 Å². The van der Waals surface area contributed by atoms with Gasteiger partial charge < -0.3 is 4.74 Å². The second kappa shape index (κ2) is 3.02. The number of rotatable bonds is 2. The van der Waals surface area contributed by atoms with Crippen molar-refractivity contribution in [2.24, 2.45) is 0 Å². The van der Waals surface area contributed by atoms with Crippen molar-refractivity contribution in [3.8, 4) is 5.75 Å². The third kappa shape index (κ3) is 1.60. The third-order valence-corrected chi connectivity index (χ3v) is 3.31. The van der Waals surface area contributed by atoms with Crippen LogP contribution in [0.4, 0.5) is 0 Å². The molecule has 1 aromatic rings. The Kier molecular flexibility index (Phi) is 2.11. The molecule has 0 aliphatic heterocycles. The van der Waals surface area contributed by atoms with E-state index >= 15 is 0 Å². The standard InChI is InChI=1S/C11H13BrO/c1-11(5-6-11)9-7-8(12)3-4-10(9)13-2/h3-4,7H,5-6H2,1-2H3. The third-order valence-electron chi connectivity index (χ3n) is 2.81. The first-order valence-electron chi connectivity index (χ1n) is 4.50. The molecule has 0 N–H and O–H groups in total. The predicted molar refractivity (Wildman–Crippen MR) is 57.3 cm³/mol. The van der Waals surface area contributed by atoms with Gasteiger partial charge >= 0.3 is 0 Å². The average molecular weight is 241 g/mol. The topological polar surface area (TPSA) is 9.23 Å². The minimum absolute atomic E-state index is 0.370. The normalized spacial score (nSPS) is 18.4. The number of benzene rings is 1. The zero-order valence-electron chi connectivity index (χ0n) is 7.93. The Labute approximate surface area is 87.2 Å². The van der Waals surface area contributed by atoms with Gasteiger partial charge in [-0.2, -0.15) is 0 Å². The van der Waals surface area contributed by atoms with Gasteiger partial charge in [-0.1, -0.05) is 22.9 Å². The SMILES string of the molecule is COc1ccc(Br)cc1C1(C)CC1. The molecule has 0 aromatic heterocycles. The molecule has 1 nitrogen and oxygen atoms in total. The molecule has 0 spiro atoms. The first-order chi connectivity index (χ1) is 6.15. The summed E-state index contributed by atoms with van der Waals surface area (Å²) in [6, 6.07) is 6.23. The van der Waals surface area contributed by atoms with Gasteiger partial charge in [0, 0.05) is 10.0 Å². The second-order valence-corrected chi connectivity index (χ2v) is 4.82. The molecule has 2 rings (SSSR count). The molecule has 0 amide bonds. The highest BCUT2D eigenvalue weighted by atomic mass is 79.9. The van der Waals surface area contributed by atoms with Gasteiger partial charge in [0.05, 0.1) is 7.11 Å². The van der Waals surface area contributed by atoms with Crippen LogP contribution in [0.15, 0.2) is 22.7 Å². The van der Waals surface area contributed by atoms with Crippen LogP contribution in [-0.2, 0) is 5.41 Å². The van der Waals surface area contributed by atoms with E-state index in [0.717, 1.165) is 10.2 Å². The Morgan fingerprint density at radius 1 is 1.38 bits per heavy atom.